The highest BCUT2D eigenvalue weighted by Crippen LogP contribution is 2.33. The maximum atomic E-state index is 12.3. The monoisotopic (exact) mass is 512 g/mol. The van der Waals surface area contributed by atoms with E-state index in [1.807, 2.05) is 0 Å². The van der Waals surface area contributed by atoms with Crippen LogP contribution in [0.4, 0.5) is 5.69 Å². The average molecular weight is 514 g/mol. The molecule has 0 radical (unpaired) electrons. The molecule has 0 bridgehead atoms. The Balaban J connectivity index is 1.76. The smallest absolute Gasteiger partial charge is 0.234 e. The number of nitrogens with zero attached hydrogens (tertiary/aromatic N) is 3. The van der Waals surface area contributed by atoms with Crippen molar-refractivity contribution in [1.29, 1.82) is 0 Å². The van der Waals surface area contributed by atoms with E-state index in [0.717, 1.165) is 4.47 Å². The lowest BCUT2D eigenvalue weighted by Gasteiger charge is -2.10. The summed E-state index contributed by atoms with van der Waals surface area (Å²) in [6, 6.07) is 9.93. The molecule has 2 N–H and O–H groups in total. The minimum Gasteiger partial charge on any atom is -0.507 e. The molecule has 0 saturated carbocycles. The van der Waals surface area contributed by atoms with Gasteiger partial charge in [-0.1, -0.05) is 57.0 Å². The lowest BCUT2D eigenvalue weighted by molar-refractivity contribution is -0.113. The summed E-state index contributed by atoms with van der Waals surface area (Å²) in [7, 11) is 0. The van der Waals surface area contributed by atoms with Crippen LogP contribution in [0.1, 0.15) is 0 Å². The van der Waals surface area contributed by atoms with Crippen molar-refractivity contribution in [1.82, 2.24) is 14.8 Å². The highest BCUT2D eigenvalue weighted by atomic mass is 79.9. The molecule has 0 aliphatic heterocycles. The number of allylic oxidation sites excluding steroid dienone is 1. The number of rotatable bonds is 7. The number of phenols is 1. The van der Waals surface area contributed by atoms with Crippen molar-refractivity contribution in [3.8, 4) is 17.1 Å². The zero-order valence-electron chi connectivity index (χ0n) is 14.9. The number of aromatic nitrogens is 3. The fraction of sp³-hybridized carbons (Fsp3) is 0.105. The van der Waals surface area contributed by atoms with Gasteiger partial charge < -0.3 is 10.4 Å². The van der Waals surface area contributed by atoms with Crippen LogP contribution in [0.5, 0.6) is 5.75 Å². The molecule has 0 saturated heterocycles. The van der Waals surface area contributed by atoms with Crippen molar-refractivity contribution in [3.05, 3.63) is 63.6 Å². The Morgan fingerprint density at radius 1 is 1.24 bits per heavy atom. The lowest BCUT2D eigenvalue weighted by Crippen LogP contribution is -2.14. The average Bonchev–Trinajstić information content (AvgIpc) is 3.08. The largest absolute Gasteiger partial charge is 0.507 e. The third kappa shape index (κ3) is 5.33. The first-order valence-electron chi connectivity index (χ1n) is 8.29. The molecule has 0 aliphatic rings. The maximum Gasteiger partial charge on any atom is 0.234 e. The second kappa shape index (κ2) is 9.67. The minimum atomic E-state index is -0.228. The van der Waals surface area contributed by atoms with Gasteiger partial charge in [0.2, 0.25) is 5.91 Å². The number of halogens is 3. The van der Waals surface area contributed by atoms with Gasteiger partial charge in [-0.3, -0.25) is 9.36 Å². The van der Waals surface area contributed by atoms with Gasteiger partial charge in [0.05, 0.1) is 21.4 Å². The number of benzene rings is 2. The van der Waals surface area contributed by atoms with Gasteiger partial charge in [-0.15, -0.1) is 16.8 Å². The second-order valence-electron chi connectivity index (χ2n) is 5.83. The molecule has 3 aromatic rings. The molecular formula is C19H15BrCl2N4O2S. The molecule has 1 aromatic heterocycles. The van der Waals surface area contributed by atoms with Crippen LogP contribution in [0.25, 0.3) is 11.4 Å². The number of carbonyl (C=O) groups excluding carboxylic acids is 1. The summed E-state index contributed by atoms with van der Waals surface area (Å²) in [5, 5.41) is 22.6. The Morgan fingerprint density at radius 2 is 2.03 bits per heavy atom. The van der Waals surface area contributed by atoms with Gasteiger partial charge in [-0.25, -0.2) is 0 Å². The molecule has 1 amide bonds. The van der Waals surface area contributed by atoms with Gasteiger partial charge in [-0.2, -0.15) is 0 Å². The summed E-state index contributed by atoms with van der Waals surface area (Å²) in [4.78, 5) is 12.3. The summed E-state index contributed by atoms with van der Waals surface area (Å²) in [5.41, 5.74) is 1.08. The highest BCUT2D eigenvalue weighted by molar-refractivity contribution is 9.10. The topological polar surface area (TPSA) is 80.0 Å². The molecule has 10 heteroatoms. The number of hydrogen-bond donors (Lipinski definition) is 2. The van der Waals surface area contributed by atoms with Crippen molar-refractivity contribution >= 4 is 62.5 Å². The van der Waals surface area contributed by atoms with Crippen LogP contribution >= 0.6 is 50.9 Å². The first kappa shape index (κ1) is 21.7. The Bertz CT molecular complexity index is 1070. The summed E-state index contributed by atoms with van der Waals surface area (Å²) in [6.45, 7) is 4.18. The quantitative estimate of drug-likeness (QED) is 0.316. The maximum absolute atomic E-state index is 12.3. The number of aromatic hydroxyl groups is 1. The molecule has 0 aliphatic carbocycles. The van der Waals surface area contributed by atoms with E-state index in [2.05, 4.69) is 38.0 Å². The van der Waals surface area contributed by atoms with Gasteiger partial charge in [0.25, 0.3) is 0 Å². The molecule has 0 unspecified atom stereocenters. The predicted molar refractivity (Wildman–Crippen MR) is 121 cm³/mol. The molecule has 3 rings (SSSR count). The summed E-state index contributed by atoms with van der Waals surface area (Å²) < 4.78 is 2.58. The zero-order valence-corrected chi connectivity index (χ0v) is 18.8. The third-order valence-corrected chi connectivity index (χ3v) is 5.96. The van der Waals surface area contributed by atoms with Crippen LogP contribution in [0.3, 0.4) is 0 Å². The number of phenolic OH excluding ortho intramolecular Hbond substituents is 1. The van der Waals surface area contributed by atoms with Crippen molar-refractivity contribution in [2.24, 2.45) is 0 Å². The highest BCUT2D eigenvalue weighted by Gasteiger charge is 2.18. The molecule has 0 spiro atoms. The van der Waals surface area contributed by atoms with E-state index >= 15 is 0 Å². The number of carbonyl (C=O) groups is 1. The molecule has 0 fully saturated rings. The SMILES string of the molecule is C=CCn1c(SCC(=O)Nc2ccc(Cl)c(Cl)c2)nnc1-c1cc(Br)ccc1O. The van der Waals surface area contributed by atoms with Crippen LogP contribution < -0.4 is 5.32 Å². The van der Waals surface area contributed by atoms with Gasteiger partial charge in [0, 0.05) is 16.7 Å². The number of thioether (sulfide) groups is 1. The van der Waals surface area contributed by atoms with Crippen LogP contribution in [-0.4, -0.2) is 31.5 Å². The number of nitrogens with one attached hydrogen (secondary N) is 1. The molecule has 6 nitrogen and oxygen atoms in total. The van der Waals surface area contributed by atoms with Gasteiger partial charge >= 0.3 is 0 Å². The van der Waals surface area contributed by atoms with Gasteiger partial charge in [-0.05, 0) is 36.4 Å². The van der Waals surface area contributed by atoms with Crippen molar-refractivity contribution in [2.45, 2.75) is 11.7 Å². The molecule has 0 atom stereocenters. The molecular weight excluding hydrogens is 499 g/mol. The second-order valence-corrected chi connectivity index (χ2v) is 8.51. The minimum absolute atomic E-state index is 0.0832. The lowest BCUT2D eigenvalue weighted by atomic mass is 10.2. The predicted octanol–water partition coefficient (Wildman–Crippen LogP) is 5.64. The first-order valence-corrected chi connectivity index (χ1v) is 10.8. The fourth-order valence-corrected chi connectivity index (χ4v) is 3.88. The Hall–Kier alpha value is -2.00. The zero-order chi connectivity index (χ0) is 21.0. The van der Waals surface area contributed by atoms with Crippen molar-refractivity contribution < 1.29 is 9.90 Å². The number of anilines is 1. The van der Waals surface area contributed by atoms with E-state index in [-0.39, 0.29) is 17.4 Å². The van der Waals surface area contributed by atoms with Crippen molar-refractivity contribution in [2.75, 3.05) is 11.1 Å². The Kier molecular flexibility index (Phi) is 7.23. The number of hydrogen-bond acceptors (Lipinski definition) is 5. The van der Waals surface area contributed by atoms with Crippen LogP contribution in [0, 0.1) is 0 Å². The van der Waals surface area contributed by atoms with Crippen LogP contribution in [-0.2, 0) is 11.3 Å². The van der Waals surface area contributed by atoms with E-state index in [4.69, 9.17) is 23.2 Å². The first-order chi connectivity index (χ1) is 13.9. The summed E-state index contributed by atoms with van der Waals surface area (Å²) in [5.74, 6) is 0.448. The van der Waals surface area contributed by atoms with E-state index < -0.39 is 0 Å². The standard InChI is InChI=1S/C19H15BrCl2N4O2S/c1-2-7-26-18(13-8-11(20)3-6-16(13)27)24-25-19(26)29-10-17(28)23-12-4-5-14(21)15(22)9-12/h2-6,8-9,27H,1,7,10H2,(H,23,28). The van der Waals surface area contributed by atoms with Crippen LogP contribution in [0.15, 0.2) is 58.7 Å². The van der Waals surface area contributed by atoms with E-state index in [9.17, 15) is 9.90 Å². The van der Waals surface area contributed by atoms with Gasteiger partial charge in [0.15, 0.2) is 11.0 Å². The van der Waals surface area contributed by atoms with Gasteiger partial charge in [0.1, 0.15) is 5.75 Å². The molecule has 29 heavy (non-hydrogen) atoms. The van der Waals surface area contributed by atoms with Crippen molar-refractivity contribution in [3.63, 3.8) is 0 Å². The summed E-state index contributed by atoms with van der Waals surface area (Å²) in [6.07, 6.45) is 1.70. The molecule has 150 valence electrons. The Labute approximate surface area is 190 Å². The van der Waals surface area contributed by atoms with E-state index in [1.165, 1.54) is 11.8 Å². The van der Waals surface area contributed by atoms with E-state index in [0.29, 0.717) is 38.8 Å². The fourth-order valence-electron chi connectivity index (χ4n) is 2.48. The summed E-state index contributed by atoms with van der Waals surface area (Å²) >= 11 is 16.5. The number of amides is 1. The normalized spacial score (nSPS) is 10.7. The third-order valence-electron chi connectivity index (χ3n) is 3.76. The molecule has 1 heterocycles. The molecule has 2 aromatic carbocycles. The Morgan fingerprint density at radius 3 is 2.76 bits per heavy atom. The van der Waals surface area contributed by atoms with E-state index in [1.54, 1.807) is 47.0 Å². The van der Waals surface area contributed by atoms with Crippen LogP contribution in [0.2, 0.25) is 10.0 Å².